The van der Waals surface area contributed by atoms with Crippen molar-refractivity contribution in [1.29, 1.82) is 0 Å². The summed E-state index contributed by atoms with van der Waals surface area (Å²) in [4.78, 5) is 11.5. The molecule has 5 heteroatoms. The lowest BCUT2D eigenvalue weighted by Gasteiger charge is -2.11. The van der Waals surface area contributed by atoms with Crippen LogP contribution in [0.25, 0.3) is 0 Å². The average molecular weight is 237 g/mol. The Morgan fingerprint density at radius 2 is 1.81 bits per heavy atom. The van der Waals surface area contributed by atoms with Gasteiger partial charge in [-0.15, -0.1) is 0 Å². The molecule has 0 radical (unpaired) electrons. The lowest BCUT2D eigenvalue weighted by molar-refractivity contribution is -0.113. The van der Waals surface area contributed by atoms with Crippen LogP contribution < -0.4 is 5.32 Å². The second-order valence-corrected chi connectivity index (χ2v) is 5.67. The van der Waals surface area contributed by atoms with Crippen molar-refractivity contribution in [3.8, 4) is 0 Å². The van der Waals surface area contributed by atoms with Gasteiger partial charge in [-0.3, -0.25) is 4.79 Å². The van der Waals surface area contributed by atoms with Gasteiger partial charge in [0.15, 0.2) is 11.2 Å². The zero-order valence-electron chi connectivity index (χ0n) is 8.67. The van der Waals surface area contributed by atoms with Crippen molar-refractivity contribution >= 4 is 15.6 Å². The molecule has 1 unspecified atom stereocenters. The first-order chi connectivity index (χ1) is 7.51. The third kappa shape index (κ3) is 1.74. The number of ketones is 1. The largest absolute Gasteiger partial charge is 0.368 e. The zero-order chi connectivity index (χ0) is 11.8. The van der Waals surface area contributed by atoms with E-state index in [1.165, 1.54) is 24.4 Å². The number of carbonyl (C=O) groups excluding carboxylic acids is 1. The summed E-state index contributed by atoms with van der Waals surface area (Å²) < 4.78 is 24.1. The van der Waals surface area contributed by atoms with Crippen LogP contribution in [0.15, 0.2) is 41.4 Å². The molecule has 1 aliphatic heterocycles. The predicted molar refractivity (Wildman–Crippen MR) is 59.4 cm³/mol. The van der Waals surface area contributed by atoms with Gasteiger partial charge in [-0.2, -0.15) is 0 Å². The second kappa shape index (κ2) is 3.75. The van der Waals surface area contributed by atoms with E-state index >= 15 is 0 Å². The first kappa shape index (κ1) is 10.9. The molecule has 0 fully saturated rings. The standard InChI is InChI=1S/C11H11NO3S/c1-8-2-4-9(5-3-8)16(14,15)11-10(13)6-7-12-11/h2-7,11-12H,1H3. The van der Waals surface area contributed by atoms with Crippen LogP contribution in [-0.2, 0) is 14.6 Å². The van der Waals surface area contributed by atoms with Crippen molar-refractivity contribution < 1.29 is 13.2 Å². The van der Waals surface area contributed by atoms with E-state index in [1.54, 1.807) is 12.1 Å². The molecule has 0 amide bonds. The number of hydrogen-bond donors (Lipinski definition) is 1. The van der Waals surface area contributed by atoms with Gasteiger partial charge >= 0.3 is 0 Å². The van der Waals surface area contributed by atoms with Crippen LogP contribution in [0.5, 0.6) is 0 Å². The zero-order valence-corrected chi connectivity index (χ0v) is 9.49. The predicted octanol–water partition coefficient (Wildman–Crippen LogP) is 0.781. The molecule has 0 saturated carbocycles. The van der Waals surface area contributed by atoms with Gasteiger partial charge in [-0.05, 0) is 19.1 Å². The highest BCUT2D eigenvalue weighted by Crippen LogP contribution is 2.18. The number of nitrogens with one attached hydrogen (secondary N) is 1. The van der Waals surface area contributed by atoms with Crippen LogP contribution >= 0.6 is 0 Å². The van der Waals surface area contributed by atoms with Gasteiger partial charge in [0.25, 0.3) is 0 Å². The number of benzene rings is 1. The summed E-state index contributed by atoms with van der Waals surface area (Å²) in [6.45, 7) is 1.87. The molecule has 1 aromatic rings. The number of hydrogen-bond acceptors (Lipinski definition) is 4. The van der Waals surface area contributed by atoms with Crippen molar-refractivity contribution in [2.75, 3.05) is 0 Å². The topological polar surface area (TPSA) is 63.2 Å². The van der Waals surface area contributed by atoms with E-state index in [2.05, 4.69) is 5.32 Å². The highest BCUT2D eigenvalue weighted by molar-refractivity contribution is 7.92. The van der Waals surface area contributed by atoms with Gasteiger partial charge in [-0.1, -0.05) is 17.7 Å². The quantitative estimate of drug-likeness (QED) is 0.825. The summed E-state index contributed by atoms with van der Waals surface area (Å²) in [6.07, 6.45) is 2.59. The summed E-state index contributed by atoms with van der Waals surface area (Å²) in [5, 5.41) is 1.37. The molecule has 84 valence electrons. The molecule has 1 aromatic carbocycles. The molecular formula is C11H11NO3S. The van der Waals surface area contributed by atoms with Crippen LogP contribution in [0, 0.1) is 6.92 Å². The first-order valence-electron chi connectivity index (χ1n) is 4.79. The van der Waals surface area contributed by atoms with Crippen LogP contribution in [0.4, 0.5) is 0 Å². The molecule has 16 heavy (non-hydrogen) atoms. The maximum absolute atomic E-state index is 12.0. The molecule has 0 aromatic heterocycles. The van der Waals surface area contributed by atoms with Crippen molar-refractivity contribution in [3.05, 3.63) is 42.1 Å². The molecule has 0 saturated heterocycles. The molecule has 1 N–H and O–H groups in total. The van der Waals surface area contributed by atoms with Crippen molar-refractivity contribution in [2.24, 2.45) is 0 Å². The molecule has 1 atom stereocenters. The van der Waals surface area contributed by atoms with Crippen molar-refractivity contribution in [1.82, 2.24) is 5.32 Å². The lowest BCUT2D eigenvalue weighted by Crippen LogP contribution is -2.35. The minimum atomic E-state index is -3.63. The molecule has 2 rings (SSSR count). The van der Waals surface area contributed by atoms with Gasteiger partial charge in [-0.25, -0.2) is 8.42 Å². The minimum absolute atomic E-state index is 0.160. The smallest absolute Gasteiger partial charge is 0.206 e. The number of sulfone groups is 1. The third-order valence-electron chi connectivity index (χ3n) is 2.41. The Bertz CT molecular complexity index is 543. The molecule has 1 heterocycles. The van der Waals surface area contributed by atoms with Crippen molar-refractivity contribution in [2.45, 2.75) is 17.2 Å². The van der Waals surface area contributed by atoms with Gasteiger partial charge in [0.05, 0.1) is 4.90 Å². The van der Waals surface area contributed by atoms with Crippen molar-refractivity contribution in [3.63, 3.8) is 0 Å². The molecule has 4 nitrogen and oxygen atoms in total. The Kier molecular flexibility index (Phi) is 2.55. The van der Waals surface area contributed by atoms with Gasteiger partial charge < -0.3 is 5.32 Å². The summed E-state index contributed by atoms with van der Waals surface area (Å²) in [5.74, 6) is -0.430. The van der Waals surface area contributed by atoms with E-state index in [0.717, 1.165) is 5.56 Å². The Labute approximate surface area is 93.9 Å². The van der Waals surface area contributed by atoms with E-state index in [4.69, 9.17) is 0 Å². The molecule has 0 spiro atoms. The van der Waals surface area contributed by atoms with Crippen LogP contribution in [-0.4, -0.2) is 19.6 Å². The molecule has 0 bridgehead atoms. The Hall–Kier alpha value is -1.62. The number of carbonyl (C=O) groups is 1. The SMILES string of the molecule is Cc1ccc(S(=O)(=O)C2NC=CC2=O)cc1. The normalized spacial score (nSPS) is 19.8. The fourth-order valence-corrected chi connectivity index (χ4v) is 2.92. The monoisotopic (exact) mass is 237 g/mol. The summed E-state index contributed by atoms with van der Waals surface area (Å²) >= 11 is 0. The highest BCUT2D eigenvalue weighted by Gasteiger charge is 2.34. The second-order valence-electron chi connectivity index (χ2n) is 3.64. The minimum Gasteiger partial charge on any atom is -0.368 e. The fourth-order valence-electron chi connectivity index (χ4n) is 1.49. The molecule has 0 aliphatic carbocycles. The van der Waals surface area contributed by atoms with E-state index in [0.29, 0.717) is 0 Å². The maximum Gasteiger partial charge on any atom is 0.206 e. The molecular weight excluding hydrogens is 226 g/mol. The Morgan fingerprint density at radius 1 is 1.19 bits per heavy atom. The van der Waals surface area contributed by atoms with E-state index in [1.807, 2.05) is 6.92 Å². The van der Waals surface area contributed by atoms with Gasteiger partial charge in [0, 0.05) is 12.3 Å². The van der Waals surface area contributed by atoms with Gasteiger partial charge in [0.2, 0.25) is 9.84 Å². The van der Waals surface area contributed by atoms with Crippen LogP contribution in [0.1, 0.15) is 5.56 Å². The Balaban J connectivity index is 2.40. The summed E-state index contributed by atoms with van der Waals surface area (Å²) in [7, 11) is -3.63. The molecule has 1 aliphatic rings. The highest BCUT2D eigenvalue weighted by atomic mass is 32.2. The summed E-state index contributed by atoms with van der Waals surface area (Å²) in [5.41, 5.74) is 0.975. The van der Waals surface area contributed by atoms with E-state index < -0.39 is 21.0 Å². The number of aryl methyl sites for hydroxylation is 1. The van der Waals surface area contributed by atoms with Crippen LogP contribution in [0.2, 0.25) is 0 Å². The van der Waals surface area contributed by atoms with Crippen LogP contribution in [0.3, 0.4) is 0 Å². The third-order valence-corrected chi connectivity index (χ3v) is 4.33. The lowest BCUT2D eigenvalue weighted by atomic mass is 10.2. The van der Waals surface area contributed by atoms with E-state index in [-0.39, 0.29) is 4.90 Å². The van der Waals surface area contributed by atoms with E-state index in [9.17, 15) is 13.2 Å². The van der Waals surface area contributed by atoms with Gasteiger partial charge in [0.1, 0.15) is 0 Å². The first-order valence-corrected chi connectivity index (χ1v) is 6.33. The summed E-state index contributed by atoms with van der Waals surface area (Å²) in [6, 6.07) is 6.44. The Morgan fingerprint density at radius 3 is 2.31 bits per heavy atom. The average Bonchev–Trinajstić information content (AvgIpc) is 2.66. The number of rotatable bonds is 2. The maximum atomic E-state index is 12.0. The fraction of sp³-hybridized carbons (Fsp3) is 0.182.